The highest BCUT2D eigenvalue weighted by Crippen LogP contribution is 2.17. The molecular weight excluding hydrogens is 290 g/mol. The lowest BCUT2D eigenvalue weighted by atomic mass is 10.1. The molecule has 0 rings (SSSR count). The van der Waals surface area contributed by atoms with Crippen molar-refractivity contribution < 1.29 is 9.53 Å². The van der Waals surface area contributed by atoms with Crippen molar-refractivity contribution in [3.8, 4) is 0 Å². The van der Waals surface area contributed by atoms with Crippen molar-refractivity contribution in [1.82, 2.24) is 15.1 Å². The normalized spacial score (nSPS) is 12.8. The summed E-state index contributed by atoms with van der Waals surface area (Å²) in [4.78, 5) is 16.5. The van der Waals surface area contributed by atoms with Crippen LogP contribution in [-0.4, -0.2) is 66.3 Å². The van der Waals surface area contributed by atoms with Crippen LogP contribution in [0.1, 0.15) is 61.8 Å². The maximum atomic E-state index is 12.4. The minimum atomic E-state index is -0.463. The Kier molecular flexibility index (Phi) is 9.14. The van der Waals surface area contributed by atoms with E-state index in [0.29, 0.717) is 12.6 Å². The molecule has 0 saturated carbocycles. The zero-order valence-corrected chi connectivity index (χ0v) is 16.8. The van der Waals surface area contributed by atoms with Gasteiger partial charge in [-0.2, -0.15) is 0 Å². The standard InChI is InChI=1S/C18H39N3O2/c1-15(2)20(9)13-10-11-19-12-14-21(17(3,4)5)16(22)23-18(6,7)8/h15,19H,10-14H2,1-9H3. The average molecular weight is 330 g/mol. The van der Waals surface area contributed by atoms with Gasteiger partial charge in [0.05, 0.1) is 0 Å². The van der Waals surface area contributed by atoms with Gasteiger partial charge in [-0.15, -0.1) is 0 Å². The third-order valence-electron chi connectivity index (χ3n) is 3.68. The molecule has 0 aliphatic rings. The fraction of sp³-hybridized carbons (Fsp3) is 0.944. The second kappa shape index (κ2) is 9.48. The summed E-state index contributed by atoms with van der Waals surface area (Å²) in [5.74, 6) is 0. The van der Waals surface area contributed by atoms with E-state index in [1.165, 1.54) is 0 Å². The van der Waals surface area contributed by atoms with Crippen LogP contribution in [0.15, 0.2) is 0 Å². The van der Waals surface area contributed by atoms with Gasteiger partial charge >= 0.3 is 6.09 Å². The van der Waals surface area contributed by atoms with E-state index in [9.17, 15) is 4.79 Å². The van der Waals surface area contributed by atoms with Crippen LogP contribution in [-0.2, 0) is 4.74 Å². The summed E-state index contributed by atoms with van der Waals surface area (Å²) < 4.78 is 5.51. The SMILES string of the molecule is CC(C)N(C)CCCNCCN(C(=O)OC(C)(C)C)C(C)(C)C. The number of amides is 1. The highest BCUT2D eigenvalue weighted by Gasteiger charge is 2.30. The average Bonchev–Trinajstić information content (AvgIpc) is 2.33. The fourth-order valence-corrected chi connectivity index (χ4v) is 2.05. The molecule has 0 aromatic carbocycles. The lowest BCUT2D eigenvalue weighted by molar-refractivity contribution is 0.00665. The first-order chi connectivity index (χ1) is 10.3. The molecule has 0 atom stereocenters. The lowest BCUT2D eigenvalue weighted by Gasteiger charge is -2.37. The molecule has 0 aliphatic carbocycles. The van der Waals surface area contributed by atoms with Gasteiger partial charge in [0, 0.05) is 24.7 Å². The summed E-state index contributed by atoms with van der Waals surface area (Å²) in [6.07, 6.45) is 0.864. The molecule has 0 spiro atoms. The van der Waals surface area contributed by atoms with E-state index in [1.54, 1.807) is 4.90 Å². The van der Waals surface area contributed by atoms with Gasteiger partial charge in [-0.05, 0) is 81.9 Å². The summed E-state index contributed by atoms with van der Waals surface area (Å²) in [7, 11) is 2.15. The summed E-state index contributed by atoms with van der Waals surface area (Å²) in [6.45, 7) is 19.7. The van der Waals surface area contributed by atoms with E-state index in [2.05, 4.69) is 31.1 Å². The first kappa shape index (κ1) is 22.2. The topological polar surface area (TPSA) is 44.8 Å². The molecule has 138 valence electrons. The van der Waals surface area contributed by atoms with Crippen LogP contribution >= 0.6 is 0 Å². The molecule has 1 amide bonds. The molecule has 5 nitrogen and oxygen atoms in total. The lowest BCUT2D eigenvalue weighted by Crippen LogP contribution is -2.50. The van der Waals surface area contributed by atoms with E-state index in [-0.39, 0.29) is 11.6 Å². The highest BCUT2D eigenvalue weighted by molar-refractivity contribution is 5.69. The molecule has 0 aliphatic heterocycles. The Morgan fingerprint density at radius 2 is 1.61 bits per heavy atom. The number of nitrogens with zero attached hydrogens (tertiary/aromatic N) is 2. The Morgan fingerprint density at radius 3 is 2.04 bits per heavy atom. The number of hydrogen-bond acceptors (Lipinski definition) is 4. The van der Waals surface area contributed by atoms with Crippen molar-refractivity contribution >= 4 is 6.09 Å². The predicted octanol–water partition coefficient (Wildman–Crippen LogP) is 3.34. The van der Waals surface area contributed by atoms with Crippen LogP contribution in [0.3, 0.4) is 0 Å². The maximum absolute atomic E-state index is 12.4. The van der Waals surface area contributed by atoms with Crippen LogP contribution in [0.25, 0.3) is 0 Å². The van der Waals surface area contributed by atoms with Crippen LogP contribution in [0.5, 0.6) is 0 Å². The molecule has 0 heterocycles. The van der Waals surface area contributed by atoms with Gasteiger partial charge in [0.15, 0.2) is 0 Å². The van der Waals surface area contributed by atoms with E-state index in [1.807, 2.05) is 41.5 Å². The van der Waals surface area contributed by atoms with Gasteiger partial charge in [0.1, 0.15) is 5.60 Å². The van der Waals surface area contributed by atoms with Crippen molar-refractivity contribution in [3.63, 3.8) is 0 Å². The van der Waals surface area contributed by atoms with Crippen molar-refractivity contribution in [1.29, 1.82) is 0 Å². The minimum absolute atomic E-state index is 0.244. The van der Waals surface area contributed by atoms with Crippen LogP contribution in [0.4, 0.5) is 4.79 Å². The van der Waals surface area contributed by atoms with Crippen molar-refractivity contribution in [2.75, 3.05) is 33.2 Å². The zero-order valence-electron chi connectivity index (χ0n) is 16.8. The Labute approximate surface area is 143 Å². The first-order valence-electron chi connectivity index (χ1n) is 8.76. The van der Waals surface area contributed by atoms with E-state index >= 15 is 0 Å². The molecule has 5 heteroatoms. The smallest absolute Gasteiger partial charge is 0.410 e. The molecule has 23 heavy (non-hydrogen) atoms. The quantitative estimate of drug-likeness (QED) is 0.694. The number of hydrogen-bond donors (Lipinski definition) is 1. The predicted molar refractivity (Wildman–Crippen MR) is 97.9 cm³/mol. The number of carbonyl (C=O) groups is 1. The molecule has 0 fully saturated rings. The molecule has 0 aromatic rings. The van der Waals surface area contributed by atoms with E-state index in [4.69, 9.17) is 4.74 Å². The van der Waals surface area contributed by atoms with Gasteiger partial charge in [-0.3, -0.25) is 0 Å². The third kappa shape index (κ3) is 10.6. The Balaban J connectivity index is 4.21. The Hall–Kier alpha value is -0.810. The van der Waals surface area contributed by atoms with Crippen LogP contribution in [0.2, 0.25) is 0 Å². The van der Waals surface area contributed by atoms with E-state index in [0.717, 1.165) is 26.1 Å². The molecule has 0 bridgehead atoms. The number of carbonyl (C=O) groups excluding carboxylic acids is 1. The molecule has 0 saturated heterocycles. The molecule has 0 radical (unpaired) electrons. The largest absolute Gasteiger partial charge is 0.444 e. The van der Waals surface area contributed by atoms with Gasteiger partial charge in [0.25, 0.3) is 0 Å². The third-order valence-corrected chi connectivity index (χ3v) is 3.68. The number of ether oxygens (including phenoxy) is 1. The van der Waals surface area contributed by atoms with Crippen molar-refractivity contribution in [2.24, 2.45) is 0 Å². The fourth-order valence-electron chi connectivity index (χ4n) is 2.05. The second-order valence-electron chi connectivity index (χ2n) is 8.48. The van der Waals surface area contributed by atoms with Crippen LogP contribution < -0.4 is 5.32 Å². The Morgan fingerprint density at radius 1 is 1.04 bits per heavy atom. The van der Waals surface area contributed by atoms with Gasteiger partial charge < -0.3 is 19.9 Å². The zero-order chi connectivity index (χ0) is 18.3. The molecule has 0 unspecified atom stereocenters. The number of rotatable bonds is 8. The second-order valence-corrected chi connectivity index (χ2v) is 8.48. The first-order valence-corrected chi connectivity index (χ1v) is 8.76. The van der Waals surface area contributed by atoms with E-state index < -0.39 is 5.60 Å². The molecule has 0 aromatic heterocycles. The van der Waals surface area contributed by atoms with Gasteiger partial charge in [-0.1, -0.05) is 0 Å². The van der Waals surface area contributed by atoms with Gasteiger partial charge in [-0.25, -0.2) is 4.79 Å². The number of nitrogens with one attached hydrogen (secondary N) is 1. The van der Waals surface area contributed by atoms with Crippen LogP contribution in [0, 0.1) is 0 Å². The highest BCUT2D eigenvalue weighted by atomic mass is 16.6. The van der Waals surface area contributed by atoms with Gasteiger partial charge in [0.2, 0.25) is 0 Å². The summed E-state index contributed by atoms with van der Waals surface area (Å²) in [5.41, 5.74) is -0.711. The molecular formula is C18H39N3O2. The monoisotopic (exact) mass is 329 g/mol. The summed E-state index contributed by atoms with van der Waals surface area (Å²) in [6, 6.07) is 0.582. The maximum Gasteiger partial charge on any atom is 0.410 e. The molecule has 1 N–H and O–H groups in total. The summed E-state index contributed by atoms with van der Waals surface area (Å²) in [5, 5.41) is 3.42. The summed E-state index contributed by atoms with van der Waals surface area (Å²) >= 11 is 0. The van der Waals surface area contributed by atoms with Crippen molar-refractivity contribution in [2.45, 2.75) is 79.0 Å². The van der Waals surface area contributed by atoms with Crippen molar-refractivity contribution in [3.05, 3.63) is 0 Å². The Bertz CT molecular complexity index is 343. The minimum Gasteiger partial charge on any atom is -0.444 e.